The lowest BCUT2D eigenvalue weighted by atomic mass is 9.96. The van der Waals surface area contributed by atoms with Gasteiger partial charge in [-0.1, -0.05) is 12.8 Å². The number of nitrogens with zero attached hydrogens (tertiary/aromatic N) is 2. The van der Waals surface area contributed by atoms with E-state index in [1.54, 1.807) is 0 Å². The Bertz CT molecular complexity index is 235. The van der Waals surface area contributed by atoms with Gasteiger partial charge in [0.2, 0.25) is 0 Å². The van der Waals surface area contributed by atoms with Gasteiger partial charge in [-0.3, -0.25) is 9.80 Å². The van der Waals surface area contributed by atoms with Crippen molar-refractivity contribution in [2.45, 2.75) is 57.5 Å². The fraction of sp³-hybridized carbons (Fsp3) is 1.00. The van der Waals surface area contributed by atoms with Crippen molar-refractivity contribution in [3.8, 4) is 0 Å². The summed E-state index contributed by atoms with van der Waals surface area (Å²) in [6.45, 7) is 7.88. The van der Waals surface area contributed by atoms with Crippen molar-refractivity contribution >= 4 is 0 Å². The third-order valence-electron chi connectivity index (χ3n) is 5.28. The van der Waals surface area contributed by atoms with Crippen molar-refractivity contribution in [3.63, 3.8) is 0 Å². The van der Waals surface area contributed by atoms with Crippen LogP contribution in [0.15, 0.2) is 0 Å². The SMILES string of the molecule is CC(C1CCCC1)N1CCN2CCCC2C1. The van der Waals surface area contributed by atoms with Gasteiger partial charge in [0.25, 0.3) is 0 Å². The zero-order valence-corrected chi connectivity index (χ0v) is 10.7. The van der Waals surface area contributed by atoms with Crippen LogP contribution in [0, 0.1) is 5.92 Å². The largest absolute Gasteiger partial charge is 0.298 e. The molecule has 3 fully saturated rings. The van der Waals surface area contributed by atoms with Gasteiger partial charge < -0.3 is 0 Å². The van der Waals surface area contributed by atoms with Gasteiger partial charge in [-0.05, 0) is 45.1 Å². The highest BCUT2D eigenvalue weighted by Gasteiger charge is 2.34. The van der Waals surface area contributed by atoms with E-state index < -0.39 is 0 Å². The summed E-state index contributed by atoms with van der Waals surface area (Å²) >= 11 is 0. The Labute approximate surface area is 100.0 Å². The van der Waals surface area contributed by atoms with Crippen molar-refractivity contribution in [1.82, 2.24) is 9.80 Å². The Hall–Kier alpha value is -0.0800. The fourth-order valence-corrected chi connectivity index (χ4v) is 4.12. The van der Waals surface area contributed by atoms with Gasteiger partial charge in [0.15, 0.2) is 0 Å². The molecule has 2 heteroatoms. The van der Waals surface area contributed by atoms with E-state index in [1.165, 1.54) is 64.7 Å². The van der Waals surface area contributed by atoms with Crippen LogP contribution < -0.4 is 0 Å². The van der Waals surface area contributed by atoms with Gasteiger partial charge >= 0.3 is 0 Å². The van der Waals surface area contributed by atoms with E-state index in [0.29, 0.717) is 0 Å². The topological polar surface area (TPSA) is 6.48 Å². The fourth-order valence-electron chi connectivity index (χ4n) is 4.12. The highest BCUT2D eigenvalue weighted by atomic mass is 15.3. The Balaban J connectivity index is 1.58. The minimum atomic E-state index is 0.852. The average Bonchev–Trinajstić information content (AvgIpc) is 2.98. The van der Waals surface area contributed by atoms with Crippen LogP contribution in [-0.4, -0.2) is 48.1 Å². The van der Waals surface area contributed by atoms with Crippen LogP contribution in [0.1, 0.15) is 45.4 Å². The van der Waals surface area contributed by atoms with Gasteiger partial charge in [-0.25, -0.2) is 0 Å². The molecule has 0 amide bonds. The summed E-state index contributed by atoms with van der Waals surface area (Å²) in [5.74, 6) is 1.01. The predicted octanol–water partition coefficient (Wildman–Crippen LogP) is 2.35. The van der Waals surface area contributed by atoms with E-state index in [0.717, 1.165) is 18.0 Å². The molecule has 2 heterocycles. The lowest BCUT2D eigenvalue weighted by Gasteiger charge is -2.42. The van der Waals surface area contributed by atoms with E-state index in [1.807, 2.05) is 0 Å². The summed E-state index contributed by atoms with van der Waals surface area (Å²) in [5, 5.41) is 0. The molecule has 92 valence electrons. The second kappa shape index (κ2) is 4.66. The molecule has 3 rings (SSSR count). The number of piperazine rings is 1. The van der Waals surface area contributed by atoms with Gasteiger partial charge in [0, 0.05) is 31.7 Å². The van der Waals surface area contributed by atoms with Gasteiger partial charge in [0.05, 0.1) is 0 Å². The van der Waals surface area contributed by atoms with E-state index in [2.05, 4.69) is 16.7 Å². The number of hydrogen-bond acceptors (Lipinski definition) is 2. The lowest BCUT2D eigenvalue weighted by molar-refractivity contribution is 0.0566. The first-order valence-corrected chi connectivity index (χ1v) is 7.32. The molecule has 2 unspecified atom stereocenters. The molecule has 0 aromatic carbocycles. The zero-order valence-electron chi connectivity index (χ0n) is 10.7. The highest BCUT2D eigenvalue weighted by Crippen LogP contribution is 2.32. The Morgan fingerprint density at radius 1 is 0.938 bits per heavy atom. The molecule has 2 aliphatic heterocycles. The molecule has 16 heavy (non-hydrogen) atoms. The summed E-state index contributed by atoms with van der Waals surface area (Å²) in [6.07, 6.45) is 8.85. The molecule has 0 N–H and O–H groups in total. The minimum absolute atomic E-state index is 0.852. The Kier molecular flexibility index (Phi) is 3.21. The van der Waals surface area contributed by atoms with Crippen LogP contribution in [0.25, 0.3) is 0 Å². The molecule has 2 nitrogen and oxygen atoms in total. The molecule has 0 spiro atoms. The number of fused-ring (bicyclic) bond motifs is 1. The first kappa shape index (κ1) is 11.0. The summed E-state index contributed by atoms with van der Waals surface area (Å²) in [6, 6.07) is 1.75. The lowest BCUT2D eigenvalue weighted by Crippen LogP contribution is -2.54. The molecule has 1 saturated carbocycles. The third kappa shape index (κ3) is 2.02. The molecule has 0 aromatic heterocycles. The van der Waals surface area contributed by atoms with Crippen LogP contribution in [-0.2, 0) is 0 Å². The second-order valence-electron chi connectivity index (χ2n) is 6.11. The molecular weight excluding hydrogens is 196 g/mol. The maximum absolute atomic E-state index is 2.79. The van der Waals surface area contributed by atoms with Crippen LogP contribution in [0.3, 0.4) is 0 Å². The van der Waals surface area contributed by atoms with Gasteiger partial charge in [-0.15, -0.1) is 0 Å². The molecule has 0 bridgehead atoms. The second-order valence-corrected chi connectivity index (χ2v) is 6.11. The standard InChI is InChI=1S/C14H26N2/c1-12(13-5-2-3-6-13)16-10-9-15-8-4-7-14(15)11-16/h12-14H,2-11H2,1H3. The van der Waals surface area contributed by atoms with Crippen molar-refractivity contribution in [1.29, 1.82) is 0 Å². The average molecular weight is 222 g/mol. The Morgan fingerprint density at radius 2 is 1.75 bits per heavy atom. The zero-order chi connectivity index (χ0) is 11.0. The van der Waals surface area contributed by atoms with Gasteiger partial charge in [0.1, 0.15) is 0 Å². The molecule has 2 atom stereocenters. The normalized spacial score (nSPS) is 35.4. The summed E-state index contributed by atoms with van der Waals surface area (Å²) in [5.41, 5.74) is 0. The van der Waals surface area contributed by atoms with Crippen LogP contribution in [0.4, 0.5) is 0 Å². The van der Waals surface area contributed by atoms with E-state index in [4.69, 9.17) is 0 Å². The number of hydrogen-bond donors (Lipinski definition) is 0. The first-order valence-electron chi connectivity index (χ1n) is 7.32. The molecule has 2 saturated heterocycles. The van der Waals surface area contributed by atoms with Crippen LogP contribution >= 0.6 is 0 Å². The van der Waals surface area contributed by atoms with Crippen molar-refractivity contribution in [3.05, 3.63) is 0 Å². The quantitative estimate of drug-likeness (QED) is 0.707. The molecule has 1 aliphatic carbocycles. The van der Waals surface area contributed by atoms with Crippen molar-refractivity contribution in [2.24, 2.45) is 5.92 Å². The molecule has 3 aliphatic rings. The molecule has 0 radical (unpaired) electrons. The molecule has 0 aromatic rings. The summed E-state index contributed by atoms with van der Waals surface area (Å²) < 4.78 is 0. The maximum atomic E-state index is 2.79. The summed E-state index contributed by atoms with van der Waals surface area (Å²) in [7, 11) is 0. The van der Waals surface area contributed by atoms with Crippen LogP contribution in [0.5, 0.6) is 0 Å². The maximum Gasteiger partial charge on any atom is 0.0224 e. The highest BCUT2D eigenvalue weighted by molar-refractivity contribution is 4.90. The molecular formula is C14H26N2. The third-order valence-corrected chi connectivity index (χ3v) is 5.28. The van der Waals surface area contributed by atoms with E-state index in [-0.39, 0.29) is 0 Å². The summed E-state index contributed by atoms with van der Waals surface area (Å²) in [4.78, 5) is 5.51. The first-order chi connectivity index (χ1) is 7.84. The van der Waals surface area contributed by atoms with Gasteiger partial charge in [-0.2, -0.15) is 0 Å². The van der Waals surface area contributed by atoms with Crippen LogP contribution in [0.2, 0.25) is 0 Å². The van der Waals surface area contributed by atoms with E-state index in [9.17, 15) is 0 Å². The minimum Gasteiger partial charge on any atom is -0.298 e. The van der Waals surface area contributed by atoms with E-state index >= 15 is 0 Å². The smallest absolute Gasteiger partial charge is 0.0224 e. The van der Waals surface area contributed by atoms with Crippen molar-refractivity contribution in [2.75, 3.05) is 26.2 Å². The predicted molar refractivity (Wildman–Crippen MR) is 67.6 cm³/mol. The monoisotopic (exact) mass is 222 g/mol. The van der Waals surface area contributed by atoms with Crippen molar-refractivity contribution < 1.29 is 0 Å². The number of rotatable bonds is 2. The Morgan fingerprint density at radius 3 is 2.56 bits per heavy atom.